The van der Waals surface area contributed by atoms with Gasteiger partial charge in [0.2, 0.25) is 5.91 Å². The minimum Gasteiger partial charge on any atom is -0.378 e. The van der Waals surface area contributed by atoms with Crippen LogP contribution in [0.2, 0.25) is 0 Å². The number of carbonyl (C=O) groups excluding carboxylic acids is 2. The summed E-state index contributed by atoms with van der Waals surface area (Å²) in [6.07, 6.45) is 3.32. The molecular formula is C43H53F3N12O6. The number of para-hydroxylation sites is 1. The highest BCUT2D eigenvalue weighted by Gasteiger charge is 2.39. The van der Waals surface area contributed by atoms with Crippen molar-refractivity contribution in [3.63, 3.8) is 0 Å². The number of halogens is 3. The molecule has 2 unspecified atom stereocenters. The predicted octanol–water partition coefficient (Wildman–Crippen LogP) is 3.42. The predicted molar refractivity (Wildman–Crippen MR) is 229 cm³/mol. The summed E-state index contributed by atoms with van der Waals surface area (Å²) in [5.41, 5.74) is 1.84. The van der Waals surface area contributed by atoms with Crippen molar-refractivity contribution in [2.45, 2.75) is 88.1 Å². The lowest BCUT2D eigenvalue weighted by Gasteiger charge is -2.45. The monoisotopic (exact) mass is 890 g/mol. The van der Waals surface area contributed by atoms with Gasteiger partial charge in [0, 0.05) is 65.3 Å². The Morgan fingerprint density at radius 3 is 2.56 bits per heavy atom. The number of nitrogens with zero attached hydrogens (tertiary/aromatic N) is 10. The first-order chi connectivity index (χ1) is 31.0. The second-order valence-corrected chi connectivity index (χ2v) is 17.8. The molecule has 1 aliphatic carbocycles. The van der Waals surface area contributed by atoms with Crippen LogP contribution in [0, 0.1) is 5.92 Å². The average molecular weight is 891 g/mol. The van der Waals surface area contributed by atoms with Crippen LogP contribution in [0.15, 0.2) is 47.7 Å². The summed E-state index contributed by atoms with van der Waals surface area (Å²) >= 11 is 0. The van der Waals surface area contributed by atoms with Crippen molar-refractivity contribution in [1.82, 2.24) is 43.7 Å². The number of rotatable bonds is 11. The van der Waals surface area contributed by atoms with Crippen LogP contribution in [-0.4, -0.2) is 139 Å². The molecule has 1 saturated carbocycles. The molecule has 8 heterocycles. The van der Waals surface area contributed by atoms with Crippen molar-refractivity contribution in [3.05, 3.63) is 64.6 Å². The Kier molecular flexibility index (Phi) is 11.6. The molecule has 0 radical (unpaired) electrons. The number of fused-ring (bicyclic) bond motifs is 2. The molecule has 4 saturated heterocycles. The van der Waals surface area contributed by atoms with Gasteiger partial charge in [-0.1, -0.05) is 6.07 Å². The summed E-state index contributed by atoms with van der Waals surface area (Å²) in [5.74, 6) is 0.0108. The van der Waals surface area contributed by atoms with Crippen LogP contribution in [-0.2, 0) is 21.3 Å². The first kappa shape index (κ1) is 42.4. The third kappa shape index (κ3) is 8.11. The fourth-order valence-electron chi connectivity index (χ4n) is 10.2. The van der Waals surface area contributed by atoms with E-state index in [0.29, 0.717) is 106 Å². The number of ether oxygens (including phenoxy) is 2. The molecule has 10 rings (SSSR count). The highest BCUT2D eigenvalue weighted by atomic mass is 19.3. The zero-order chi connectivity index (χ0) is 44.2. The van der Waals surface area contributed by atoms with Gasteiger partial charge in [0.1, 0.15) is 29.8 Å². The van der Waals surface area contributed by atoms with E-state index in [0.717, 1.165) is 25.1 Å². The average Bonchev–Trinajstić information content (AvgIpc) is 3.97. The van der Waals surface area contributed by atoms with E-state index in [1.54, 1.807) is 22.5 Å². The first-order valence-electron chi connectivity index (χ1n) is 22.3. The third-order valence-corrected chi connectivity index (χ3v) is 13.7. The number of morpholine rings is 1. The molecule has 0 bridgehead atoms. The number of aryl methyl sites for hydroxylation is 1. The molecule has 0 spiro atoms. The number of amides is 2. The van der Waals surface area contributed by atoms with E-state index in [1.165, 1.54) is 21.5 Å². The summed E-state index contributed by atoms with van der Waals surface area (Å²) in [4.78, 5) is 50.6. The Balaban J connectivity index is 0.704. The zero-order valence-electron chi connectivity index (χ0n) is 35.6. The van der Waals surface area contributed by atoms with Crippen LogP contribution in [0.4, 0.5) is 30.4 Å². The molecule has 5 aromatic rings. The number of piperidine rings is 2. The summed E-state index contributed by atoms with van der Waals surface area (Å²) in [5, 5.41) is 23.6. The minimum absolute atomic E-state index is 0.0483. The van der Waals surface area contributed by atoms with Gasteiger partial charge in [-0.15, -0.1) is 0 Å². The number of alkyl halides is 3. The Labute approximate surface area is 365 Å². The largest absolute Gasteiger partial charge is 0.378 e. The maximum atomic E-state index is 15.7. The normalized spacial score (nSPS) is 26.2. The van der Waals surface area contributed by atoms with E-state index in [1.807, 2.05) is 24.3 Å². The topological polar surface area (TPSA) is 182 Å². The maximum Gasteiger partial charge on any atom is 0.329 e. The quantitative estimate of drug-likeness (QED) is 0.176. The molecule has 5 aliphatic rings. The second-order valence-electron chi connectivity index (χ2n) is 17.8. The zero-order valence-corrected chi connectivity index (χ0v) is 35.6. The van der Waals surface area contributed by atoms with Crippen LogP contribution in [0.25, 0.3) is 16.7 Å². The highest BCUT2D eigenvalue weighted by Crippen LogP contribution is 2.37. The lowest BCUT2D eigenvalue weighted by atomic mass is 9.85. The van der Waals surface area contributed by atoms with Gasteiger partial charge in [0.05, 0.1) is 60.1 Å². The highest BCUT2D eigenvalue weighted by molar-refractivity contribution is 6.08. The van der Waals surface area contributed by atoms with Crippen LogP contribution in [0.3, 0.4) is 0 Å². The molecule has 21 heteroatoms. The number of hydrogen-bond acceptors (Lipinski definition) is 12. The summed E-state index contributed by atoms with van der Waals surface area (Å²) in [7, 11) is 1.69. The Hall–Kier alpha value is -5.51. The number of carbonyl (C=O) groups is 2. The number of aliphatic hydroxyl groups excluding tert-OH is 1. The van der Waals surface area contributed by atoms with E-state index in [4.69, 9.17) is 9.47 Å². The van der Waals surface area contributed by atoms with Gasteiger partial charge in [-0.25, -0.2) is 27.5 Å². The van der Waals surface area contributed by atoms with E-state index in [9.17, 15) is 28.3 Å². The van der Waals surface area contributed by atoms with E-state index >= 15 is 4.39 Å². The smallest absolute Gasteiger partial charge is 0.329 e. The van der Waals surface area contributed by atoms with Crippen LogP contribution in [0.5, 0.6) is 0 Å². The van der Waals surface area contributed by atoms with Crippen LogP contribution < -0.4 is 26.1 Å². The number of benzene rings is 1. The first-order valence-corrected chi connectivity index (χ1v) is 22.3. The van der Waals surface area contributed by atoms with Gasteiger partial charge in [-0.05, 0) is 69.1 Å². The SMILES string of the molecule is Cn1c(=O)n(C2CCC(O)NC2=O)c2cccc(N3CC(O[C@H]4CCN(CC5CCC(n6cc(NC(=O)c7cnn8ccc(N9CCOCC9)nc78)c(C(F)F)n6)CC5)C[C@@H]4F)C3)c21. The van der Waals surface area contributed by atoms with Crippen molar-refractivity contribution in [1.29, 1.82) is 0 Å². The molecule has 4 aliphatic heterocycles. The van der Waals surface area contributed by atoms with Crippen molar-refractivity contribution in [2.75, 3.05) is 74.1 Å². The van der Waals surface area contributed by atoms with Crippen molar-refractivity contribution in [2.24, 2.45) is 13.0 Å². The molecule has 342 valence electrons. The van der Waals surface area contributed by atoms with Gasteiger partial charge in [-0.2, -0.15) is 10.2 Å². The number of aromatic nitrogens is 7. The fourth-order valence-corrected chi connectivity index (χ4v) is 10.2. The molecular weight excluding hydrogens is 838 g/mol. The van der Waals surface area contributed by atoms with Crippen LogP contribution in [0.1, 0.15) is 79.5 Å². The third-order valence-electron chi connectivity index (χ3n) is 13.7. The second kappa shape index (κ2) is 17.5. The lowest BCUT2D eigenvalue weighted by molar-refractivity contribution is -0.130. The van der Waals surface area contributed by atoms with Gasteiger partial charge < -0.3 is 35.0 Å². The molecule has 5 fully saturated rings. The standard InChI is InChI=1S/C43H53F3N12O6/c1-52-38-31(3-2-4-32(38)58(43(52)62)33-9-10-36(59)50-42(33)61)55-21-27(22-55)64-34-11-13-53(23-29(34)44)20-25-5-7-26(8-6-25)57-24-30(37(51-57)39(45)46)48-41(60)28-19-47-56-14-12-35(49-40(28)56)54-15-17-63-18-16-54/h2-4,12,14,19,24-27,29,33-34,36,39,59H,5-11,13,15-18,20-23H2,1H3,(H,48,60)(H,50,61)/t25?,26?,29-,33?,34-,36?/m0/s1. The molecule has 4 atom stereocenters. The number of hydrogen-bond donors (Lipinski definition) is 3. The molecule has 3 N–H and O–H groups in total. The lowest BCUT2D eigenvalue weighted by Crippen LogP contribution is -2.56. The number of anilines is 3. The van der Waals surface area contributed by atoms with Crippen LogP contribution >= 0.6 is 0 Å². The Morgan fingerprint density at radius 1 is 1.02 bits per heavy atom. The molecule has 1 aromatic carbocycles. The van der Waals surface area contributed by atoms with Crippen molar-refractivity contribution in [3.8, 4) is 0 Å². The minimum atomic E-state index is -2.90. The molecule has 4 aromatic heterocycles. The van der Waals surface area contributed by atoms with Gasteiger partial charge in [0.15, 0.2) is 11.3 Å². The van der Waals surface area contributed by atoms with Gasteiger partial charge >= 0.3 is 5.69 Å². The summed E-state index contributed by atoms with van der Waals surface area (Å²) < 4.78 is 62.1. The Morgan fingerprint density at radius 2 is 1.81 bits per heavy atom. The van der Waals surface area contributed by atoms with Gasteiger partial charge in [-0.3, -0.25) is 28.3 Å². The van der Waals surface area contributed by atoms with Crippen molar-refractivity contribution < 1.29 is 37.3 Å². The van der Waals surface area contributed by atoms with Crippen molar-refractivity contribution >= 4 is 45.7 Å². The number of nitrogens with one attached hydrogen (secondary N) is 2. The molecule has 2 amide bonds. The number of aliphatic hydroxyl groups is 1. The van der Waals surface area contributed by atoms with E-state index in [-0.39, 0.29) is 41.5 Å². The molecule has 64 heavy (non-hydrogen) atoms. The Bertz CT molecular complexity index is 2580. The van der Waals surface area contributed by atoms with Gasteiger partial charge in [0.25, 0.3) is 12.3 Å². The fraction of sp³-hybridized carbons (Fsp3) is 0.581. The molecule has 18 nitrogen and oxygen atoms in total. The summed E-state index contributed by atoms with van der Waals surface area (Å²) in [6.45, 7) is 5.28. The van der Waals surface area contributed by atoms with E-state index in [2.05, 4.69) is 40.5 Å². The number of likely N-dealkylation sites (tertiary alicyclic amines) is 1. The summed E-state index contributed by atoms with van der Waals surface area (Å²) in [6, 6.07) is 6.62. The number of imidazole rings is 1. The van der Waals surface area contributed by atoms with E-state index < -0.39 is 42.6 Å². The maximum absolute atomic E-state index is 15.7.